The molecular weight excluding hydrogens is 338 g/mol. The molecule has 3 aromatic rings. The van der Waals surface area contributed by atoms with Crippen molar-refractivity contribution in [2.24, 2.45) is 4.99 Å². The van der Waals surface area contributed by atoms with Crippen molar-refractivity contribution in [1.29, 1.82) is 0 Å². The average molecular weight is 355 g/mol. The summed E-state index contributed by atoms with van der Waals surface area (Å²) in [5, 5.41) is 26.3. The number of anilines is 1. The third kappa shape index (κ3) is 3.25. The summed E-state index contributed by atoms with van der Waals surface area (Å²) >= 11 is 0. The molecule has 0 spiro atoms. The summed E-state index contributed by atoms with van der Waals surface area (Å²) in [4.78, 5) is 14.7. The summed E-state index contributed by atoms with van der Waals surface area (Å²) < 4.78 is 6.66. The molecule has 1 fully saturated rings. The van der Waals surface area contributed by atoms with Gasteiger partial charge in [0.25, 0.3) is 0 Å². The van der Waals surface area contributed by atoms with E-state index in [1.54, 1.807) is 18.5 Å². The van der Waals surface area contributed by atoms with Crippen molar-refractivity contribution < 1.29 is 9.34 Å². The molecule has 4 rings (SSSR count). The van der Waals surface area contributed by atoms with Crippen molar-refractivity contribution in [1.82, 2.24) is 19.8 Å². The van der Waals surface area contributed by atoms with E-state index in [0.717, 1.165) is 12.8 Å². The molecule has 0 unspecified atom stereocenters. The van der Waals surface area contributed by atoms with Crippen LogP contribution in [-0.4, -0.2) is 37.1 Å². The van der Waals surface area contributed by atoms with Gasteiger partial charge in [0.05, 0.1) is 18.4 Å². The third-order valence-electron chi connectivity index (χ3n) is 4.33. The molecule has 134 valence electrons. The van der Waals surface area contributed by atoms with E-state index in [1.807, 2.05) is 0 Å². The number of fused-ring (bicyclic) bond motifs is 1. The van der Waals surface area contributed by atoms with Crippen LogP contribution in [0.3, 0.4) is 0 Å². The number of furan rings is 1. The smallest absolute Gasteiger partial charge is 0.397 e. The fourth-order valence-electron chi connectivity index (χ4n) is 3.00. The summed E-state index contributed by atoms with van der Waals surface area (Å²) in [5.41, 5.74) is 0.508. The highest BCUT2D eigenvalue weighted by Gasteiger charge is 2.18. The van der Waals surface area contributed by atoms with Crippen LogP contribution in [0.4, 0.5) is 11.7 Å². The maximum absolute atomic E-state index is 10.8. The third-order valence-corrected chi connectivity index (χ3v) is 4.33. The molecule has 1 N–H and O–H groups in total. The van der Waals surface area contributed by atoms with Crippen LogP contribution >= 0.6 is 0 Å². The predicted molar refractivity (Wildman–Crippen MR) is 94.1 cm³/mol. The number of rotatable bonds is 5. The molecular formula is C16H17N7O3. The Bertz CT molecular complexity index is 956. The lowest BCUT2D eigenvalue weighted by molar-refractivity contribution is -0.401. The van der Waals surface area contributed by atoms with Gasteiger partial charge in [0, 0.05) is 0 Å². The van der Waals surface area contributed by atoms with Crippen LogP contribution in [-0.2, 0) is 0 Å². The van der Waals surface area contributed by atoms with Gasteiger partial charge in [-0.1, -0.05) is 19.3 Å². The first-order valence-corrected chi connectivity index (χ1v) is 8.46. The second kappa shape index (κ2) is 6.90. The van der Waals surface area contributed by atoms with Gasteiger partial charge in [-0.05, 0) is 31.0 Å². The Balaban J connectivity index is 1.55. The Morgan fingerprint density at radius 1 is 1.23 bits per heavy atom. The predicted octanol–water partition coefficient (Wildman–Crippen LogP) is 3.07. The van der Waals surface area contributed by atoms with Crippen LogP contribution in [0.2, 0.25) is 0 Å². The van der Waals surface area contributed by atoms with E-state index < -0.39 is 4.92 Å². The van der Waals surface area contributed by atoms with Gasteiger partial charge in [0.15, 0.2) is 17.2 Å². The van der Waals surface area contributed by atoms with Crippen LogP contribution in [0.15, 0.2) is 33.7 Å². The minimum Gasteiger partial charge on any atom is -0.397 e. The van der Waals surface area contributed by atoms with E-state index in [9.17, 15) is 10.1 Å². The van der Waals surface area contributed by atoms with Gasteiger partial charge in [-0.2, -0.15) is 4.52 Å². The molecule has 0 atom stereocenters. The zero-order chi connectivity index (χ0) is 17.9. The molecule has 3 heterocycles. The van der Waals surface area contributed by atoms with Gasteiger partial charge in [-0.15, -0.1) is 15.3 Å². The van der Waals surface area contributed by atoms with Crippen molar-refractivity contribution in [2.75, 3.05) is 5.32 Å². The van der Waals surface area contributed by atoms with Gasteiger partial charge in [0.2, 0.25) is 5.82 Å². The normalized spacial score (nSPS) is 15.7. The second-order valence-corrected chi connectivity index (χ2v) is 6.12. The maximum Gasteiger partial charge on any atom is 0.433 e. The summed E-state index contributed by atoms with van der Waals surface area (Å²) in [7, 11) is 0. The average Bonchev–Trinajstić information content (AvgIpc) is 3.29. The minimum absolute atomic E-state index is 0.227. The molecule has 1 saturated carbocycles. The van der Waals surface area contributed by atoms with Crippen molar-refractivity contribution in [2.45, 2.75) is 38.1 Å². The highest BCUT2D eigenvalue weighted by molar-refractivity contribution is 5.74. The largest absolute Gasteiger partial charge is 0.433 e. The SMILES string of the molecule is O=[N+]([O-])c1ccc(-c2nnc3ccc(NC=NC4CCCCC4)nn23)o1. The molecule has 0 amide bonds. The Morgan fingerprint density at radius 3 is 2.85 bits per heavy atom. The number of nitrogens with zero attached hydrogens (tertiary/aromatic N) is 6. The maximum atomic E-state index is 10.8. The van der Waals surface area contributed by atoms with Crippen LogP contribution in [0.1, 0.15) is 32.1 Å². The summed E-state index contributed by atoms with van der Waals surface area (Å²) in [6, 6.07) is 6.63. The molecule has 3 aromatic heterocycles. The first-order chi connectivity index (χ1) is 12.7. The molecule has 0 aromatic carbocycles. The Kier molecular flexibility index (Phi) is 4.30. The molecule has 10 heteroatoms. The van der Waals surface area contributed by atoms with Gasteiger partial charge in [-0.3, -0.25) is 15.1 Å². The Morgan fingerprint density at radius 2 is 2.08 bits per heavy atom. The van der Waals surface area contributed by atoms with E-state index in [4.69, 9.17) is 4.42 Å². The lowest BCUT2D eigenvalue weighted by Crippen LogP contribution is -2.11. The highest BCUT2D eigenvalue weighted by atomic mass is 16.6. The summed E-state index contributed by atoms with van der Waals surface area (Å²) in [5.74, 6) is 0.732. The molecule has 1 aliphatic carbocycles. The Labute approximate surface area is 148 Å². The molecule has 1 aliphatic rings. The molecule has 0 bridgehead atoms. The van der Waals surface area contributed by atoms with Crippen molar-refractivity contribution in [3.8, 4) is 11.6 Å². The van der Waals surface area contributed by atoms with Gasteiger partial charge in [0.1, 0.15) is 4.92 Å². The quantitative estimate of drug-likeness (QED) is 0.323. The molecule has 0 radical (unpaired) electrons. The molecule has 0 aliphatic heterocycles. The van der Waals surface area contributed by atoms with Crippen LogP contribution < -0.4 is 5.32 Å². The highest BCUT2D eigenvalue weighted by Crippen LogP contribution is 2.25. The van der Waals surface area contributed by atoms with Crippen LogP contribution in [0, 0.1) is 10.1 Å². The van der Waals surface area contributed by atoms with Crippen LogP contribution in [0.25, 0.3) is 17.2 Å². The van der Waals surface area contributed by atoms with E-state index in [1.165, 1.54) is 35.9 Å². The zero-order valence-electron chi connectivity index (χ0n) is 13.9. The number of nitrogens with one attached hydrogen (secondary N) is 1. The second-order valence-electron chi connectivity index (χ2n) is 6.12. The standard InChI is InChI=1S/C16H17N7O3/c24-23(25)15-9-6-12(26-15)16-20-19-14-8-7-13(21-22(14)16)18-10-17-11-4-2-1-3-5-11/h6-11H,1-5H2,(H,17,18,21). The van der Waals surface area contributed by atoms with Gasteiger partial charge < -0.3 is 9.73 Å². The Hall–Kier alpha value is -3.30. The lowest BCUT2D eigenvalue weighted by Gasteiger charge is -2.16. The van der Waals surface area contributed by atoms with E-state index >= 15 is 0 Å². The number of hydrogen-bond acceptors (Lipinski definition) is 7. The topological polar surface area (TPSA) is 124 Å². The van der Waals surface area contributed by atoms with Gasteiger partial charge >= 0.3 is 5.88 Å². The number of nitro groups is 1. The van der Waals surface area contributed by atoms with E-state index in [-0.39, 0.29) is 11.6 Å². The number of aliphatic imine (C=N–C) groups is 1. The zero-order valence-corrected chi connectivity index (χ0v) is 13.9. The minimum atomic E-state index is -0.602. The van der Waals surface area contributed by atoms with Gasteiger partial charge in [-0.25, -0.2) is 0 Å². The first kappa shape index (κ1) is 16.2. The fourth-order valence-corrected chi connectivity index (χ4v) is 3.00. The van der Waals surface area contributed by atoms with E-state index in [0.29, 0.717) is 23.3 Å². The molecule has 10 nitrogen and oxygen atoms in total. The summed E-state index contributed by atoms with van der Waals surface area (Å²) in [6.45, 7) is 0. The monoisotopic (exact) mass is 355 g/mol. The first-order valence-electron chi connectivity index (χ1n) is 8.46. The van der Waals surface area contributed by atoms with E-state index in [2.05, 4.69) is 25.6 Å². The number of aromatic nitrogens is 4. The van der Waals surface area contributed by atoms with Crippen molar-refractivity contribution in [3.63, 3.8) is 0 Å². The van der Waals surface area contributed by atoms with Crippen LogP contribution in [0.5, 0.6) is 0 Å². The molecule has 26 heavy (non-hydrogen) atoms. The summed E-state index contributed by atoms with van der Waals surface area (Å²) in [6.07, 6.45) is 7.66. The molecule has 0 saturated heterocycles. The number of hydrogen-bond donors (Lipinski definition) is 1. The van der Waals surface area contributed by atoms with Crippen molar-refractivity contribution in [3.05, 3.63) is 34.4 Å². The lowest BCUT2D eigenvalue weighted by atomic mass is 9.96. The van der Waals surface area contributed by atoms with Crippen molar-refractivity contribution >= 4 is 23.7 Å². The fraction of sp³-hybridized carbons (Fsp3) is 0.375.